The molecule has 0 unspecified atom stereocenters. The highest BCUT2D eigenvalue weighted by molar-refractivity contribution is 6.05. The fraction of sp³-hybridized carbons (Fsp3) is 0.0189. The van der Waals surface area contributed by atoms with Crippen molar-refractivity contribution >= 4 is 10.8 Å². The molecule has 2 aliphatic carbocycles. The van der Waals surface area contributed by atoms with Crippen LogP contribution < -0.4 is 0 Å². The molecule has 1 spiro atoms. The summed E-state index contributed by atoms with van der Waals surface area (Å²) in [7, 11) is 0. The second kappa shape index (κ2) is 12.6. The van der Waals surface area contributed by atoms with Crippen LogP contribution in [0.25, 0.3) is 77.8 Å². The van der Waals surface area contributed by atoms with E-state index in [-0.39, 0.29) is 0 Å². The molecule has 0 saturated carbocycles. The minimum absolute atomic E-state index is 0.535. The highest BCUT2D eigenvalue weighted by Gasteiger charge is 2.52. The Morgan fingerprint density at radius 3 is 1.51 bits per heavy atom. The van der Waals surface area contributed by atoms with Crippen molar-refractivity contribution in [1.82, 2.24) is 9.97 Å². The minimum atomic E-state index is -0.535. The van der Waals surface area contributed by atoms with Gasteiger partial charge in [-0.25, -0.2) is 0 Å². The summed E-state index contributed by atoms with van der Waals surface area (Å²) >= 11 is 0. The van der Waals surface area contributed by atoms with Crippen molar-refractivity contribution in [3.63, 3.8) is 0 Å². The second-order valence-corrected chi connectivity index (χ2v) is 14.8. The number of pyridine rings is 2. The molecule has 4 nitrogen and oxygen atoms in total. The van der Waals surface area contributed by atoms with E-state index in [1.54, 1.807) is 24.5 Å². The maximum Gasteiger partial charge on any atom is 0.0992 e. The first-order valence-electron chi connectivity index (χ1n) is 19.0. The molecule has 0 aliphatic heterocycles. The highest BCUT2D eigenvalue weighted by atomic mass is 14.7. The van der Waals surface area contributed by atoms with E-state index in [2.05, 4.69) is 162 Å². The largest absolute Gasteiger partial charge is 0.256 e. The van der Waals surface area contributed by atoms with Crippen molar-refractivity contribution in [2.45, 2.75) is 5.41 Å². The van der Waals surface area contributed by atoms with Crippen LogP contribution in [0.2, 0.25) is 0 Å². The summed E-state index contributed by atoms with van der Waals surface area (Å²) in [5.41, 5.74) is 18.8. The molecule has 2 aromatic heterocycles. The first-order valence-corrected chi connectivity index (χ1v) is 19.0. The van der Waals surface area contributed by atoms with Gasteiger partial charge in [-0.1, -0.05) is 121 Å². The second-order valence-electron chi connectivity index (χ2n) is 14.8. The first kappa shape index (κ1) is 32.5. The first-order chi connectivity index (χ1) is 28.1. The molecule has 0 bridgehead atoms. The fourth-order valence-corrected chi connectivity index (χ4v) is 9.37. The minimum Gasteiger partial charge on any atom is -0.256 e. The van der Waals surface area contributed by atoms with Gasteiger partial charge in [0.2, 0.25) is 0 Å². The highest BCUT2D eigenvalue weighted by Crippen LogP contribution is 2.64. The van der Waals surface area contributed by atoms with Gasteiger partial charge in [0.1, 0.15) is 0 Å². The standard InChI is InChI=1S/C53H30N4/c54-31-33-21-23-56-50(25-33)40-9-5-7-35(28-40)37-15-18-42-39(27-37)17-20-46-45-19-16-38(36-8-6-10-41(29-36)51-26-34(32-55)22-24-57-51)30-49(45)53(52(42)46)47-13-3-1-11-43(47)44-12-2-4-14-48(44)53/h1-30H. The van der Waals surface area contributed by atoms with E-state index >= 15 is 0 Å². The average molecular weight is 723 g/mol. The van der Waals surface area contributed by atoms with Crippen LogP contribution in [0.4, 0.5) is 0 Å². The van der Waals surface area contributed by atoms with Crippen molar-refractivity contribution in [3.8, 4) is 79.2 Å². The third-order valence-electron chi connectivity index (χ3n) is 11.8. The predicted octanol–water partition coefficient (Wildman–Crippen LogP) is 12.4. The molecule has 0 fully saturated rings. The summed E-state index contributed by atoms with van der Waals surface area (Å²) < 4.78 is 0. The monoisotopic (exact) mass is 722 g/mol. The van der Waals surface area contributed by atoms with Crippen molar-refractivity contribution in [3.05, 3.63) is 216 Å². The maximum atomic E-state index is 9.55. The molecular weight excluding hydrogens is 693 g/mol. The Morgan fingerprint density at radius 2 is 0.895 bits per heavy atom. The van der Waals surface area contributed by atoms with Crippen LogP contribution in [0.5, 0.6) is 0 Å². The van der Waals surface area contributed by atoms with Gasteiger partial charge in [0.15, 0.2) is 0 Å². The lowest BCUT2D eigenvalue weighted by atomic mass is 9.69. The zero-order valence-electron chi connectivity index (χ0n) is 30.6. The molecule has 0 radical (unpaired) electrons. The normalized spacial score (nSPS) is 12.7. The van der Waals surface area contributed by atoms with E-state index in [0.717, 1.165) is 44.8 Å². The van der Waals surface area contributed by atoms with Crippen molar-refractivity contribution in [2.75, 3.05) is 0 Å². The zero-order chi connectivity index (χ0) is 38.1. The van der Waals surface area contributed by atoms with Crippen LogP contribution in [0, 0.1) is 22.7 Å². The van der Waals surface area contributed by atoms with Crippen LogP contribution in [0.3, 0.4) is 0 Å². The van der Waals surface area contributed by atoms with Gasteiger partial charge in [-0.2, -0.15) is 10.5 Å². The van der Waals surface area contributed by atoms with Crippen molar-refractivity contribution in [2.24, 2.45) is 0 Å². The van der Waals surface area contributed by atoms with E-state index in [9.17, 15) is 10.5 Å². The summed E-state index contributed by atoms with van der Waals surface area (Å²) in [4.78, 5) is 9.16. The van der Waals surface area contributed by atoms with Crippen LogP contribution in [0.15, 0.2) is 182 Å². The van der Waals surface area contributed by atoms with Crippen LogP contribution >= 0.6 is 0 Å². The van der Waals surface area contributed by atoms with Gasteiger partial charge >= 0.3 is 0 Å². The topological polar surface area (TPSA) is 73.4 Å². The lowest BCUT2D eigenvalue weighted by Gasteiger charge is -2.31. The molecule has 262 valence electrons. The smallest absolute Gasteiger partial charge is 0.0992 e. The van der Waals surface area contributed by atoms with E-state index < -0.39 is 5.41 Å². The summed E-state index contributed by atoms with van der Waals surface area (Å²) in [6, 6.07) is 64.8. The molecule has 4 heteroatoms. The van der Waals surface area contributed by atoms with Gasteiger partial charge in [0.25, 0.3) is 0 Å². The number of fused-ring (bicyclic) bond motifs is 12. The number of benzene rings is 7. The maximum absolute atomic E-state index is 9.55. The molecule has 0 saturated heterocycles. The predicted molar refractivity (Wildman–Crippen MR) is 227 cm³/mol. The third kappa shape index (κ3) is 4.85. The number of nitrogens with zero attached hydrogens (tertiary/aromatic N) is 4. The van der Waals surface area contributed by atoms with Gasteiger partial charge in [-0.3, -0.25) is 9.97 Å². The fourth-order valence-electron chi connectivity index (χ4n) is 9.37. The molecule has 11 rings (SSSR count). The average Bonchev–Trinajstić information content (AvgIpc) is 3.76. The van der Waals surface area contributed by atoms with Crippen molar-refractivity contribution < 1.29 is 0 Å². The Labute approximate surface area is 330 Å². The summed E-state index contributed by atoms with van der Waals surface area (Å²) in [6.45, 7) is 0. The Bertz CT molecular complexity index is 3190. The van der Waals surface area contributed by atoms with E-state index in [4.69, 9.17) is 0 Å². The molecule has 57 heavy (non-hydrogen) atoms. The zero-order valence-corrected chi connectivity index (χ0v) is 30.6. The van der Waals surface area contributed by atoms with Gasteiger partial charge in [0.05, 0.1) is 40.1 Å². The molecule has 9 aromatic rings. The SMILES string of the molecule is N#Cc1ccnc(-c2cccc(-c3ccc4c(c3)C3(c5ccccc5-c5ccccc53)c3c-4ccc4cc(-c5cccc(-c6cc(C#N)ccn6)c5)ccc34)c2)c1. The quantitative estimate of drug-likeness (QED) is 0.181. The molecule has 2 heterocycles. The third-order valence-corrected chi connectivity index (χ3v) is 11.8. The van der Waals surface area contributed by atoms with E-state index in [1.165, 1.54) is 55.3 Å². The number of hydrogen-bond donors (Lipinski definition) is 0. The van der Waals surface area contributed by atoms with Gasteiger partial charge in [-0.15, -0.1) is 0 Å². The molecule has 2 aliphatic rings. The van der Waals surface area contributed by atoms with Gasteiger partial charge < -0.3 is 0 Å². The van der Waals surface area contributed by atoms with E-state index in [1.807, 2.05) is 18.2 Å². The molecule has 7 aromatic carbocycles. The van der Waals surface area contributed by atoms with E-state index in [0.29, 0.717) is 11.1 Å². The Kier molecular flexibility index (Phi) is 7.17. The summed E-state index contributed by atoms with van der Waals surface area (Å²) in [5, 5.41) is 21.5. The molecule has 0 atom stereocenters. The lowest BCUT2D eigenvalue weighted by Crippen LogP contribution is -2.26. The molecule has 0 N–H and O–H groups in total. The van der Waals surface area contributed by atoms with Crippen LogP contribution in [-0.4, -0.2) is 9.97 Å². The number of aromatic nitrogens is 2. The Morgan fingerprint density at radius 1 is 0.386 bits per heavy atom. The number of hydrogen-bond acceptors (Lipinski definition) is 4. The number of rotatable bonds is 4. The summed E-state index contributed by atoms with van der Waals surface area (Å²) in [5.74, 6) is 0. The molecular formula is C53H30N4. The van der Waals surface area contributed by atoms with Crippen molar-refractivity contribution in [1.29, 1.82) is 10.5 Å². The number of nitriles is 2. The lowest BCUT2D eigenvalue weighted by molar-refractivity contribution is 0.801. The summed E-state index contributed by atoms with van der Waals surface area (Å²) in [6.07, 6.45) is 3.39. The Hall–Kier alpha value is -7.92. The van der Waals surface area contributed by atoms with Crippen LogP contribution in [0.1, 0.15) is 33.4 Å². The van der Waals surface area contributed by atoms with Gasteiger partial charge in [-0.05, 0) is 126 Å². The molecule has 0 amide bonds. The Balaban J connectivity index is 1.11. The van der Waals surface area contributed by atoms with Crippen LogP contribution in [-0.2, 0) is 5.41 Å². The van der Waals surface area contributed by atoms with Gasteiger partial charge in [0, 0.05) is 23.5 Å².